The summed E-state index contributed by atoms with van der Waals surface area (Å²) in [6.45, 7) is 4.00. The van der Waals surface area contributed by atoms with E-state index in [0.29, 0.717) is 16.6 Å². The maximum absolute atomic E-state index is 12.7. The second-order valence-corrected chi connectivity index (χ2v) is 6.95. The third-order valence-corrected chi connectivity index (χ3v) is 4.88. The molecule has 2 aliphatic heterocycles. The van der Waals surface area contributed by atoms with Crippen LogP contribution in [0.1, 0.15) is 29.6 Å². The molecule has 1 amide bonds. The Morgan fingerprint density at radius 2 is 2.00 bits per heavy atom. The largest absolute Gasteiger partial charge is 0.337 e. The Labute approximate surface area is 133 Å². The first-order chi connectivity index (χ1) is 9.63. The molecule has 2 saturated heterocycles. The fraction of sp³-hybridized carbons (Fsp3) is 0.533. The van der Waals surface area contributed by atoms with Gasteiger partial charge in [0.1, 0.15) is 0 Å². The quantitative estimate of drug-likeness (QED) is 0.769. The van der Waals surface area contributed by atoms with Gasteiger partial charge < -0.3 is 4.90 Å². The average Bonchev–Trinajstić information content (AvgIpc) is 2.74. The molecule has 0 spiro atoms. The van der Waals surface area contributed by atoms with Crippen molar-refractivity contribution in [2.75, 3.05) is 26.2 Å². The van der Waals surface area contributed by atoms with Gasteiger partial charge in [0.25, 0.3) is 5.91 Å². The Morgan fingerprint density at radius 1 is 1.20 bits per heavy atom. The standard InChI is InChI=1S/C15H18BrClN2O/c16-12-7-11(8-13(17)9-12)15(20)19-6-2-5-18-4-1-3-14(18)10-19/h7-9,14H,1-6,10H2. The molecule has 2 fully saturated rings. The van der Waals surface area contributed by atoms with Gasteiger partial charge in [0.05, 0.1) is 0 Å². The molecule has 0 aliphatic carbocycles. The van der Waals surface area contributed by atoms with Crippen LogP contribution in [-0.4, -0.2) is 47.9 Å². The summed E-state index contributed by atoms with van der Waals surface area (Å²) in [5.74, 6) is 0.0990. The Balaban J connectivity index is 1.78. The van der Waals surface area contributed by atoms with E-state index < -0.39 is 0 Å². The van der Waals surface area contributed by atoms with E-state index >= 15 is 0 Å². The van der Waals surface area contributed by atoms with Gasteiger partial charge in [-0.15, -0.1) is 0 Å². The highest BCUT2D eigenvalue weighted by atomic mass is 79.9. The molecule has 0 aromatic heterocycles. The molecule has 0 N–H and O–H groups in total. The predicted molar refractivity (Wildman–Crippen MR) is 84.3 cm³/mol. The summed E-state index contributed by atoms with van der Waals surface area (Å²) in [6.07, 6.45) is 3.53. The minimum atomic E-state index is 0.0990. The fourth-order valence-corrected chi connectivity index (χ4v) is 4.11. The Bertz CT molecular complexity index is 502. The number of benzene rings is 1. The molecule has 2 aliphatic rings. The van der Waals surface area contributed by atoms with Crippen LogP contribution in [0.5, 0.6) is 0 Å². The third kappa shape index (κ3) is 3.02. The lowest BCUT2D eigenvalue weighted by Gasteiger charge is -2.25. The minimum Gasteiger partial charge on any atom is -0.337 e. The zero-order chi connectivity index (χ0) is 14.1. The molecular formula is C15H18BrClN2O. The molecule has 0 saturated carbocycles. The first-order valence-corrected chi connectivity index (χ1v) is 8.30. The summed E-state index contributed by atoms with van der Waals surface area (Å²) in [6, 6.07) is 5.96. The van der Waals surface area contributed by atoms with Crippen molar-refractivity contribution in [2.45, 2.75) is 25.3 Å². The average molecular weight is 358 g/mol. The summed E-state index contributed by atoms with van der Waals surface area (Å²) in [7, 11) is 0. The van der Waals surface area contributed by atoms with E-state index in [9.17, 15) is 4.79 Å². The van der Waals surface area contributed by atoms with Crippen molar-refractivity contribution in [3.8, 4) is 0 Å². The van der Waals surface area contributed by atoms with Crippen LogP contribution in [0.15, 0.2) is 22.7 Å². The zero-order valence-electron chi connectivity index (χ0n) is 11.3. The number of carbonyl (C=O) groups excluding carboxylic acids is 1. The van der Waals surface area contributed by atoms with Crippen LogP contribution >= 0.6 is 27.5 Å². The van der Waals surface area contributed by atoms with Crippen molar-refractivity contribution >= 4 is 33.4 Å². The Hall–Kier alpha value is -0.580. The van der Waals surface area contributed by atoms with E-state index in [1.807, 2.05) is 11.0 Å². The van der Waals surface area contributed by atoms with Crippen LogP contribution in [0, 0.1) is 0 Å². The zero-order valence-corrected chi connectivity index (χ0v) is 13.7. The molecule has 108 valence electrons. The molecule has 3 rings (SSSR count). The Morgan fingerprint density at radius 3 is 2.80 bits per heavy atom. The smallest absolute Gasteiger partial charge is 0.253 e. The van der Waals surface area contributed by atoms with Crippen LogP contribution in [0.3, 0.4) is 0 Å². The number of amides is 1. The lowest BCUT2D eigenvalue weighted by molar-refractivity contribution is 0.0743. The normalized spacial score (nSPS) is 23.5. The van der Waals surface area contributed by atoms with Gasteiger partial charge >= 0.3 is 0 Å². The van der Waals surface area contributed by atoms with Gasteiger partial charge in [-0.05, 0) is 44.0 Å². The summed E-state index contributed by atoms with van der Waals surface area (Å²) in [5.41, 5.74) is 0.677. The van der Waals surface area contributed by atoms with E-state index in [1.165, 1.54) is 19.4 Å². The first kappa shape index (κ1) is 14.4. The molecule has 2 heterocycles. The molecule has 1 unspecified atom stereocenters. The van der Waals surface area contributed by atoms with Crippen molar-refractivity contribution in [2.24, 2.45) is 0 Å². The molecule has 1 aromatic carbocycles. The number of nitrogens with zero attached hydrogens (tertiary/aromatic N) is 2. The number of fused-ring (bicyclic) bond motifs is 1. The van der Waals surface area contributed by atoms with Crippen LogP contribution in [0.4, 0.5) is 0 Å². The van der Waals surface area contributed by atoms with Gasteiger partial charge in [-0.2, -0.15) is 0 Å². The third-order valence-electron chi connectivity index (χ3n) is 4.20. The molecular weight excluding hydrogens is 340 g/mol. The highest BCUT2D eigenvalue weighted by molar-refractivity contribution is 9.10. The fourth-order valence-electron chi connectivity index (χ4n) is 3.25. The van der Waals surface area contributed by atoms with E-state index in [0.717, 1.165) is 30.5 Å². The second kappa shape index (κ2) is 6.04. The molecule has 3 nitrogen and oxygen atoms in total. The SMILES string of the molecule is O=C(c1cc(Cl)cc(Br)c1)N1CCCN2CCCC2C1. The molecule has 1 atom stereocenters. The lowest BCUT2D eigenvalue weighted by Crippen LogP contribution is -2.39. The van der Waals surface area contributed by atoms with Gasteiger partial charge in [0, 0.05) is 40.7 Å². The number of rotatable bonds is 1. The molecule has 0 bridgehead atoms. The van der Waals surface area contributed by atoms with Crippen molar-refractivity contribution in [3.63, 3.8) is 0 Å². The maximum Gasteiger partial charge on any atom is 0.253 e. The van der Waals surface area contributed by atoms with Gasteiger partial charge in [-0.3, -0.25) is 9.69 Å². The Kier molecular flexibility index (Phi) is 4.34. The van der Waals surface area contributed by atoms with Gasteiger partial charge in [-0.25, -0.2) is 0 Å². The van der Waals surface area contributed by atoms with Crippen LogP contribution in [0.25, 0.3) is 0 Å². The number of hydrogen-bond donors (Lipinski definition) is 0. The van der Waals surface area contributed by atoms with Crippen molar-refractivity contribution in [3.05, 3.63) is 33.3 Å². The van der Waals surface area contributed by atoms with Crippen molar-refractivity contribution in [1.29, 1.82) is 0 Å². The summed E-state index contributed by atoms with van der Waals surface area (Å²) in [5, 5.41) is 0.597. The van der Waals surface area contributed by atoms with E-state index in [1.54, 1.807) is 12.1 Å². The maximum atomic E-state index is 12.7. The summed E-state index contributed by atoms with van der Waals surface area (Å²) < 4.78 is 0.852. The number of halogens is 2. The molecule has 1 aromatic rings. The van der Waals surface area contributed by atoms with Crippen LogP contribution in [-0.2, 0) is 0 Å². The minimum absolute atomic E-state index is 0.0990. The van der Waals surface area contributed by atoms with E-state index in [2.05, 4.69) is 20.8 Å². The number of carbonyl (C=O) groups is 1. The monoisotopic (exact) mass is 356 g/mol. The molecule has 5 heteroatoms. The second-order valence-electron chi connectivity index (χ2n) is 5.59. The van der Waals surface area contributed by atoms with Crippen molar-refractivity contribution < 1.29 is 4.79 Å². The summed E-state index contributed by atoms with van der Waals surface area (Å²) >= 11 is 9.45. The first-order valence-electron chi connectivity index (χ1n) is 7.13. The van der Waals surface area contributed by atoms with Crippen molar-refractivity contribution in [1.82, 2.24) is 9.80 Å². The van der Waals surface area contributed by atoms with E-state index in [4.69, 9.17) is 11.6 Å². The van der Waals surface area contributed by atoms with E-state index in [-0.39, 0.29) is 5.91 Å². The lowest BCUT2D eigenvalue weighted by atomic mass is 10.1. The summed E-state index contributed by atoms with van der Waals surface area (Å²) in [4.78, 5) is 17.2. The van der Waals surface area contributed by atoms with Crippen LogP contribution < -0.4 is 0 Å². The molecule has 0 radical (unpaired) electrons. The highest BCUT2D eigenvalue weighted by Gasteiger charge is 2.30. The van der Waals surface area contributed by atoms with Crippen LogP contribution in [0.2, 0.25) is 5.02 Å². The topological polar surface area (TPSA) is 23.6 Å². The van der Waals surface area contributed by atoms with Gasteiger partial charge in [-0.1, -0.05) is 27.5 Å². The molecule has 20 heavy (non-hydrogen) atoms. The highest BCUT2D eigenvalue weighted by Crippen LogP contribution is 2.24. The van der Waals surface area contributed by atoms with Gasteiger partial charge in [0.15, 0.2) is 0 Å². The number of hydrogen-bond acceptors (Lipinski definition) is 2. The van der Waals surface area contributed by atoms with Gasteiger partial charge in [0.2, 0.25) is 0 Å². The predicted octanol–water partition coefficient (Wildman–Crippen LogP) is 3.41.